The van der Waals surface area contributed by atoms with Gasteiger partial charge < -0.3 is 13.7 Å². The largest absolute Gasteiger partial charge is 0.433 e. The van der Waals surface area contributed by atoms with Crippen molar-refractivity contribution in [2.45, 2.75) is 51.1 Å². The summed E-state index contributed by atoms with van der Waals surface area (Å²) in [4.78, 5) is 2.62. The fourth-order valence-electron chi connectivity index (χ4n) is 4.91. The number of aryl methyl sites for hydroxylation is 1. The average Bonchev–Trinajstić information content (AvgIpc) is 3.26. The van der Waals surface area contributed by atoms with Crippen molar-refractivity contribution in [1.82, 2.24) is 0 Å². The van der Waals surface area contributed by atoms with Gasteiger partial charge in [0.15, 0.2) is 0 Å². The third-order valence-electron chi connectivity index (χ3n) is 5.85. The Balaban J connectivity index is 1.78. The number of hydrogen-bond acceptors (Lipinski definition) is 3. The normalized spacial score (nSPS) is 22.3. The van der Waals surface area contributed by atoms with Gasteiger partial charge in [0, 0.05) is 11.3 Å². The Morgan fingerprint density at radius 1 is 1.13 bits per heavy atom. The van der Waals surface area contributed by atoms with Gasteiger partial charge in [-0.25, -0.2) is 0 Å². The first-order valence-corrected chi connectivity index (χ1v) is 8.58. The van der Waals surface area contributed by atoms with Gasteiger partial charge in [-0.1, -0.05) is 31.0 Å². The molecule has 118 valence electrons. The number of furan rings is 2. The van der Waals surface area contributed by atoms with Gasteiger partial charge in [-0.05, 0) is 44.4 Å². The minimum absolute atomic E-state index is 0.00238. The van der Waals surface area contributed by atoms with E-state index in [9.17, 15) is 0 Å². The first-order valence-electron chi connectivity index (χ1n) is 8.58. The Hall–Kier alpha value is -2.16. The predicted octanol–water partition coefficient (Wildman–Crippen LogP) is 5.68. The van der Waals surface area contributed by atoms with E-state index < -0.39 is 0 Å². The lowest BCUT2D eigenvalue weighted by Crippen LogP contribution is -2.40. The molecule has 1 aromatic carbocycles. The van der Waals surface area contributed by atoms with Crippen LogP contribution in [0.4, 0.5) is 5.69 Å². The molecule has 1 saturated carbocycles. The standard InChI is InChI=1S/C20H21NO2/c1-13-7-3-4-8-16(13)21-14(2)17-15-9-12-22-19(15)23-18(17)20(21)10-5-6-11-20/h3-4,7-9,12,14H,5-6,10-11H2,1-2H3. The topological polar surface area (TPSA) is 29.5 Å². The van der Waals surface area contributed by atoms with E-state index in [4.69, 9.17) is 8.83 Å². The molecule has 0 saturated heterocycles. The van der Waals surface area contributed by atoms with Crippen LogP contribution in [0.5, 0.6) is 0 Å². The number of anilines is 1. The number of nitrogens with zero attached hydrogens (tertiary/aromatic N) is 1. The van der Waals surface area contributed by atoms with Gasteiger partial charge in [0.1, 0.15) is 5.76 Å². The minimum Gasteiger partial charge on any atom is -0.433 e. The van der Waals surface area contributed by atoms with Crippen molar-refractivity contribution in [2.75, 3.05) is 4.90 Å². The smallest absolute Gasteiger partial charge is 0.297 e. The lowest BCUT2D eigenvalue weighted by Gasteiger charge is -2.40. The first-order chi connectivity index (χ1) is 11.2. The molecule has 0 amide bonds. The Kier molecular flexibility index (Phi) is 2.56. The predicted molar refractivity (Wildman–Crippen MR) is 90.7 cm³/mol. The molecule has 1 aliphatic heterocycles. The molecule has 1 unspecified atom stereocenters. The molecule has 3 nitrogen and oxygen atoms in total. The van der Waals surface area contributed by atoms with Crippen LogP contribution >= 0.6 is 0 Å². The van der Waals surface area contributed by atoms with E-state index >= 15 is 0 Å². The molecule has 3 aromatic rings. The summed E-state index contributed by atoms with van der Waals surface area (Å²) in [5.41, 5.74) is 4.01. The molecule has 3 heteroatoms. The lowest BCUT2D eigenvalue weighted by molar-refractivity contribution is 0.332. The number of rotatable bonds is 1. The maximum absolute atomic E-state index is 6.24. The zero-order chi connectivity index (χ0) is 15.6. The molecule has 1 atom stereocenters. The van der Waals surface area contributed by atoms with Crippen LogP contribution in [0.3, 0.4) is 0 Å². The summed E-state index contributed by atoms with van der Waals surface area (Å²) < 4.78 is 11.8. The van der Waals surface area contributed by atoms with Crippen molar-refractivity contribution in [3.05, 3.63) is 53.5 Å². The third-order valence-corrected chi connectivity index (χ3v) is 5.85. The van der Waals surface area contributed by atoms with Crippen molar-refractivity contribution in [2.24, 2.45) is 0 Å². The highest BCUT2D eigenvalue weighted by molar-refractivity contribution is 5.82. The monoisotopic (exact) mass is 307 g/mol. The van der Waals surface area contributed by atoms with E-state index in [1.165, 1.54) is 29.7 Å². The van der Waals surface area contributed by atoms with Crippen LogP contribution in [0.25, 0.3) is 11.2 Å². The fraction of sp³-hybridized carbons (Fsp3) is 0.400. The molecule has 0 radical (unpaired) electrons. The molecule has 2 aromatic heterocycles. The molecule has 1 aliphatic carbocycles. The SMILES string of the molecule is Cc1ccccc1N1C(C)c2c(oc3occc23)C12CCCC2. The summed E-state index contributed by atoms with van der Waals surface area (Å²) in [6.45, 7) is 4.51. The molecule has 5 rings (SSSR count). The number of hydrogen-bond donors (Lipinski definition) is 0. The summed E-state index contributed by atoms with van der Waals surface area (Å²) in [6.07, 6.45) is 6.58. The second kappa shape index (κ2) is 4.44. The second-order valence-corrected chi connectivity index (χ2v) is 7.04. The van der Waals surface area contributed by atoms with Gasteiger partial charge in [0.25, 0.3) is 5.78 Å². The number of fused-ring (bicyclic) bond motifs is 4. The van der Waals surface area contributed by atoms with Crippen LogP contribution in [-0.4, -0.2) is 0 Å². The van der Waals surface area contributed by atoms with E-state index in [1.807, 2.05) is 0 Å². The van der Waals surface area contributed by atoms with E-state index in [0.717, 1.165) is 24.0 Å². The second-order valence-electron chi connectivity index (χ2n) is 7.04. The van der Waals surface area contributed by atoms with E-state index in [1.54, 1.807) is 6.26 Å². The van der Waals surface area contributed by atoms with Crippen molar-refractivity contribution < 1.29 is 8.83 Å². The van der Waals surface area contributed by atoms with E-state index in [2.05, 4.69) is 49.1 Å². The number of benzene rings is 1. The molecule has 23 heavy (non-hydrogen) atoms. The lowest BCUT2D eigenvalue weighted by atomic mass is 9.93. The van der Waals surface area contributed by atoms with Crippen LogP contribution in [0.1, 0.15) is 55.5 Å². The van der Waals surface area contributed by atoms with Crippen LogP contribution in [0.15, 0.2) is 45.4 Å². The first kappa shape index (κ1) is 13.3. The van der Waals surface area contributed by atoms with Gasteiger partial charge in [-0.3, -0.25) is 0 Å². The highest BCUT2D eigenvalue weighted by atomic mass is 16.5. The van der Waals surface area contributed by atoms with Crippen molar-refractivity contribution in [3.63, 3.8) is 0 Å². The summed E-state index contributed by atoms with van der Waals surface area (Å²) in [5.74, 6) is 1.85. The van der Waals surface area contributed by atoms with E-state index in [0.29, 0.717) is 11.8 Å². The minimum atomic E-state index is 0.00238. The Morgan fingerprint density at radius 2 is 1.91 bits per heavy atom. The van der Waals surface area contributed by atoms with Crippen molar-refractivity contribution >= 4 is 16.9 Å². The fourth-order valence-corrected chi connectivity index (χ4v) is 4.91. The quantitative estimate of drug-likeness (QED) is 0.579. The van der Waals surface area contributed by atoms with Gasteiger partial charge in [-0.2, -0.15) is 0 Å². The summed E-state index contributed by atoms with van der Waals surface area (Å²) in [5, 5.41) is 1.15. The highest BCUT2D eigenvalue weighted by Crippen LogP contribution is 2.59. The zero-order valence-corrected chi connectivity index (χ0v) is 13.6. The van der Waals surface area contributed by atoms with Crippen molar-refractivity contribution in [1.29, 1.82) is 0 Å². The summed E-state index contributed by atoms with van der Waals surface area (Å²) >= 11 is 0. The van der Waals surface area contributed by atoms with Crippen LogP contribution in [-0.2, 0) is 5.54 Å². The van der Waals surface area contributed by atoms with Gasteiger partial charge in [0.2, 0.25) is 0 Å². The maximum Gasteiger partial charge on any atom is 0.297 e. The molecule has 2 aliphatic rings. The zero-order valence-electron chi connectivity index (χ0n) is 13.6. The third kappa shape index (κ3) is 1.55. The summed E-state index contributed by atoms with van der Waals surface area (Å²) in [6, 6.07) is 11.1. The molecule has 1 fully saturated rings. The van der Waals surface area contributed by atoms with Crippen LogP contribution < -0.4 is 4.90 Å². The molecule has 1 spiro atoms. The number of para-hydroxylation sites is 1. The van der Waals surface area contributed by atoms with Gasteiger partial charge in [0.05, 0.1) is 23.2 Å². The molecular formula is C20H21NO2. The Morgan fingerprint density at radius 3 is 2.70 bits per heavy atom. The van der Waals surface area contributed by atoms with E-state index in [-0.39, 0.29) is 5.54 Å². The van der Waals surface area contributed by atoms with Gasteiger partial charge in [-0.15, -0.1) is 0 Å². The highest BCUT2D eigenvalue weighted by Gasteiger charge is 2.54. The molecular weight excluding hydrogens is 286 g/mol. The molecule has 3 heterocycles. The Labute approximate surface area is 135 Å². The molecule has 0 bridgehead atoms. The summed E-state index contributed by atoms with van der Waals surface area (Å²) in [7, 11) is 0. The maximum atomic E-state index is 6.24. The molecule has 0 N–H and O–H groups in total. The van der Waals surface area contributed by atoms with Gasteiger partial charge >= 0.3 is 0 Å². The van der Waals surface area contributed by atoms with Crippen molar-refractivity contribution in [3.8, 4) is 0 Å². The Bertz CT molecular complexity index is 882. The van der Waals surface area contributed by atoms with Crippen LogP contribution in [0, 0.1) is 6.92 Å². The van der Waals surface area contributed by atoms with Crippen LogP contribution in [0.2, 0.25) is 0 Å². The average molecular weight is 307 g/mol.